The van der Waals surface area contributed by atoms with Gasteiger partial charge in [0.05, 0.1) is 19.3 Å². The Labute approximate surface area is 114 Å². The second-order valence-corrected chi connectivity index (χ2v) is 5.81. The SMILES string of the molecule is O=S(=O)(NC(CO)CO)c1c(Cl)nc2ccccn12. The molecule has 0 saturated heterocycles. The first-order valence-electron chi connectivity index (χ1n) is 5.36. The molecular formula is C10H12ClN3O4S. The normalized spacial score (nSPS) is 12.4. The van der Waals surface area contributed by atoms with Crippen LogP contribution in [0.3, 0.4) is 0 Å². The van der Waals surface area contributed by atoms with Crippen molar-refractivity contribution in [2.24, 2.45) is 0 Å². The third-order valence-electron chi connectivity index (χ3n) is 2.46. The summed E-state index contributed by atoms with van der Waals surface area (Å²) < 4.78 is 27.8. The Hall–Kier alpha value is -1.19. The Morgan fingerprint density at radius 1 is 1.37 bits per heavy atom. The molecule has 2 aromatic rings. The Morgan fingerprint density at radius 2 is 2.05 bits per heavy atom. The van der Waals surface area contributed by atoms with Gasteiger partial charge < -0.3 is 10.2 Å². The monoisotopic (exact) mass is 305 g/mol. The number of nitrogens with zero attached hydrogens (tertiary/aromatic N) is 2. The van der Waals surface area contributed by atoms with Crippen molar-refractivity contribution < 1.29 is 18.6 Å². The number of fused-ring (bicyclic) bond motifs is 1. The summed E-state index contributed by atoms with van der Waals surface area (Å²) in [5, 5.41) is 17.5. The highest BCUT2D eigenvalue weighted by atomic mass is 35.5. The lowest BCUT2D eigenvalue weighted by molar-refractivity contribution is 0.185. The minimum atomic E-state index is -4.00. The van der Waals surface area contributed by atoms with E-state index >= 15 is 0 Å². The summed E-state index contributed by atoms with van der Waals surface area (Å²) in [5.41, 5.74) is 0.387. The molecular weight excluding hydrogens is 294 g/mol. The van der Waals surface area contributed by atoms with Crippen LogP contribution in [0.5, 0.6) is 0 Å². The molecule has 3 N–H and O–H groups in total. The zero-order chi connectivity index (χ0) is 14.0. The first kappa shape index (κ1) is 14.2. The first-order valence-corrected chi connectivity index (χ1v) is 7.22. The number of pyridine rings is 1. The molecule has 0 bridgehead atoms. The summed E-state index contributed by atoms with van der Waals surface area (Å²) in [4.78, 5) is 3.92. The average molecular weight is 306 g/mol. The lowest BCUT2D eigenvalue weighted by Crippen LogP contribution is -2.40. The van der Waals surface area contributed by atoms with Crippen molar-refractivity contribution in [3.63, 3.8) is 0 Å². The van der Waals surface area contributed by atoms with Gasteiger partial charge in [0.15, 0.2) is 10.2 Å². The summed E-state index contributed by atoms with van der Waals surface area (Å²) in [5.74, 6) is 0. The van der Waals surface area contributed by atoms with Crippen molar-refractivity contribution >= 4 is 27.3 Å². The molecule has 0 unspecified atom stereocenters. The highest BCUT2D eigenvalue weighted by molar-refractivity contribution is 7.89. The molecule has 0 aliphatic heterocycles. The van der Waals surface area contributed by atoms with Gasteiger partial charge in [0.1, 0.15) is 5.65 Å². The van der Waals surface area contributed by atoms with Gasteiger partial charge in [-0.05, 0) is 12.1 Å². The minimum absolute atomic E-state index is 0.173. The fourth-order valence-electron chi connectivity index (χ4n) is 1.59. The molecule has 0 radical (unpaired) electrons. The quantitative estimate of drug-likeness (QED) is 0.698. The molecule has 0 atom stereocenters. The van der Waals surface area contributed by atoms with Crippen molar-refractivity contribution in [3.8, 4) is 0 Å². The number of aromatic nitrogens is 2. The number of halogens is 1. The van der Waals surface area contributed by atoms with Gasteiger partial charge in [-0.2, -0.15) is 0 Å². The predicted molar refractivity (Wildman–Crippen MR) is 68.5 cm³/mol. The van der Waals surface area contributed by atoms with Gasteiger partial charge in [0.2, 0.25) is 0 Å². The van der Waals surface area contributed by atoms with E-state index in [2.05, 4.69) is 9.71 Å². The van der Waals surface area contributed by atoms with Crippen LogP contribution in [0.25, 0.3) is 5.65 Å². The van der Waals surface area contributed by atoms with E-state index in [1.807, 2.05) is 0 Å². The van der Waals surface area contributed by atoms with Crippen LogP contribution in [0.15, 0.2) is 29.4 Å². The summed E-state index contributed by atoms with van der Waals surface area (Å²) >= 11 is 5.85. The van der Waals surface area contributed by atoms with Crippen LogP contribution in [0.4, 0.5) is 0 Å². The molecule has 2 aromatic heterocycles. The summed E-state index contributed by atoms with van der Waals surface area (Å²) in [6, 6.07) is 3.96. The second-order valence-electron chi connectivity index (χ2n) is 3.82. The van der Waals surface area contributed by atoms with Crippen molar-refractivity contribution in [1.82, 2.24) is 14.1 Å². The third-order valence-corrected chi connectivity index (χ3v) is 4.38. The smallest absolute Gasteiger partial charge is 0.260 e. The van der Waals surface area contributed by atoms with E-state index in [4.69, 9.17) is 21.8 Å². The Bertz CT molecular complexity index is 681. The Morgan fingerprint density at radius 3 is 2.68 bits per heavy atom. The molecule has 0 amide bonds. The maximum absolute atomic E-state index is 12.2. The molecule has 7 nitrogen and oxygen atoms in total. The molecule has 0 aromatic carbocycles. The zero-order valence-corrected chi connectivity index (χ0v) is 11.3. The number of hydrogen-bond donors (Lipinski definition) is 3. The van der Waals surface area contributed by atoms with Gasteiger partial charge in [-0.3, -0.25) is 4.40 Å². The lowest BCUT2D eigenvalue weighted by atomic mass is 10.4. The lowest BCUT2D eigenvalue weighted by Gasteiger charge is -2.13. The van der Waals surface area contributed by atoms with E-state index in [0.717, 1.165) is 0 Å². The largest absolute Gasteiger partial charge is 0.395 e. The molecule has 2 heterocycles. The fourth-order valence-corrected chi connectivity index (χ4v) is 3.46. The highest BCUT2D eigenvalue weighted by Crippen LogP contribution is 2.22. The Balaban J connectivity index is 2.51. The molecule has 104 valence electrons. The molecule has 0 spiro atoms. The number of nitrogens with one attached hydrogen (secondary N) is 1. The standard InChI is InChI=1S/C10H12ClN3O4S/c11-9-10(14-4-2-1-3-8(14)12-9)19(17,18)13-7(5-15)6-16/h1-4,7,13,15-16H,5-6H2. The van der Waals surface area contributed by atoms with Crippen LogP contribution in [0.1, 0.15) is 0 Å². The van der Waals surface area contributed by atoms with Crippen LogP contribution in [-0.2, 0) is 10.0 Å². The van der Waals surface area contributed by atoms with Crippen molar-refractivity contribution in [1.29, 1.82) is 0 Å². The van der Waals surface area contributed by atoms with Crippen molar-refractivity contribution in [3.05, 3.63) is 29.5 Å². The predicted octanol–water partition coefficient (Wildman–Crippen LogP) is -0.381. The molecule has 2 rings (SSSR count). The number of aliphatic hydroxyl groups is 2. The number of aliphatic hydroxyl groups excluding tert-OH is 2. The van der Waals surface area contributed by atoms with Crippen LogP contribution >= 0.6 is 11.6 Å². The van der Waals surface area contributed by atoms with Crippen LogP contribution in [0, 0.1) is 0 Å². The van der Waals surface area contributed by atoms with E-state index in [1.54, 1.807) is 18.2 Å². The summed E-state index contributed by atoms with van der Waals surface area (Å²) in [6.45, 7) is -1.05. The number of rotatable bonds is 5. The second kappa shape index (κ2) is 5.43. The van der Waals surface area contributed by atoms with E-state index in [0.29, 0.717) is 5.65 Å². The van der Waals surface area contributed by atoms with Crippen LogP contribution in [-0.4, -0.2) is 47.3 Å². The third kappa shape index (κ3) is 2.72. The van der Waals surface area contributed by atoms with E-state index in [9.17, 15) is 8.42 Å². The molecule has 0 aliphatic carbocycles. The Kier molecular flexibility index (Phi) is 4.07. The minimum Gasteiger partial charge on any atom is -0.395 e. The molecule has 0 fully saturated rings. The number of sulfonamides is 1. The van der Waals surface area contributed by atoms with Gasteiger partial charge in [0.25, 0.3) is 10.0 Å². The maximum atomic E-state index is 12.2. The van der Waals surface area contributed by atoms with Crippen molar-refractivity contribution in [2.75, 3.05) is 13.2 Å². The summed E-state index contributed by atoms with van der Waals surface area (Å²) in [6.07, 6.45) is 1.51. The number of imidazole rings is 1. The fraction of sp³-hybridized carbons (Fsp3) is 0.300. The molecule has 0 aliphatic rings. The zero-order valence-electron chi connectivity index (χ0n) is 9.69. The topological polar surface area (TPSA) is 104 Å². The highest BCUT2D eigenvalue weighted by Gasteiger charge is 2.26. The van der Waals surface area contributed by atoms with Crippen molar-refractivity contribution in [2.45, 2.75) is 11.1 Å². The van der Waals surface area contributed by atoms with E-state index in [-0.39, 0.29) is 10.2 Å². The number of hydrogen-bond acceptors (Lipinski definition) is 5. The van der Waals surface area contributed by atoms with Gasteiger partial charge in [-0.15, -0.1) is 0 Å². The van der Waals surface area contributed by atoms with Gasteiger partial charge >= 0.3 is 0 Å². The van der Waals surface area contributed by atoms with Gasteiger partial charge in [0, 0.05) is 6.20 Å². The van der Waals surface area contributed by atoms with Gasteiger partial charge in [-0.25, -0.2) is 18.1 Å². The summed E-state index contributed by atoms with van der Waals surface area (Å²) in [7, 11) is -4.00. The van der Waals surface area contributed by atoms with E-state index in [1.165, 1.54) is 10.6 Å². The molecule has 19 heavy (non-hydrogen) atoms. The molecule has 0 saturated carbocycles. The van der Waals surface area contributed by atoms with E-state index < -0.39 is 29.3 Å². The van der Waals surface area contributed by atoms with Gasteiger partial charge in [-0.1, -0.05) is 17.7 Å². The first-order chi connectivity index (χ1) is 8.99. The van der Waals surface area contributed by atoms with Crippen LogP contribution < -0.4 is 4.72 Å². The average Bonchev–Trinajstić information content (AvgIpc) is 2.72. The van der Waals surface area contributed by atoms with Crippen LogP contribution in [0.2, 0.25) is 5.15 Å². The maximum Gasteiger partial charge on any atom is 0.260 e. The molecule has 9 heteroatoms.